The number of nitrogens with two attached hydrogens (primary N) is 2. The third kappa shape index (κ3) is 4.83. The number of benzene rings is 2. The van der Waals surface area contributed by atoms with Crippen LogP contribution >= 0.6 is 0 Å². The third-order valence-corrected chi connectivity index (χ3v) is 8.34. The molecule has 2 saturated heterocycles. The first-order valence-corrected chi connectivity index (χ1v) is 13.3. The van der Waals surface area contributed by atoms with E-state index < -0.39 is 0 Å². The number of fused-ring (bicyclic) bond motifs is 1. The molecule has 0 bridgehead atoms. The van der Waals surface area contributed by atoms with Gasteiger partial charge in [0.15, 0.2) is 0 Å². The highest BCUT2D eigenvalue weighted by atomic mass is 15.7. The Labute approximate surface area is 205 Å². The predicted molar refractivity (Wildman–Crippen MR) is 141 cm³/mol. The number of nitrogens with zero attached hydrogens (tertiary/aromatic N) is 4. The number of hydrogen-bond acceptors (Lipinski definition) is 7. The first kappa shape index (κ1) is 24.0. The zero-order valence-corrected chi connectivity index (χ0v) is 20.9. The summed E-state index contributed by atoms with van der Waals surface area (Å²) >= 11 is 0. The lowest BCUT2D eigenvalue weighted by atomic mass is 10.0. The summed E-state index contributed by atoms with van der Waals surface area (Å²) in [4.78, 5) is 9.47. The fourth-order valence-electron chi connectivity index (χ4n) is 6.20. The molecule has 5 rings (SSSR count). The van der Waals surface area contributed by atoms with E-state index in [1.807, 2.05) is 0 Å². The van der Waals surface area contributed by atoms with Gasteiger partial charge in [0.2, 0.25) is 0 Å². The molecule has 7 heteroatoms. The second-order valence-electron chi connectivity index (χ2n) is 10.6. The van der Waals surface area contributed by atoms with Gasteiger partial charge in [0.05, 0.1) is 0 Å². The second kappa shape index (κ2) is 10.5. The molecule has 5 N–H and O–H groups in total. The standard InChI is InChI=1S/C27H43N7/c1-31-17-15-22(16-18-31)30-27-32(2)25(28)33(24-14-13-20-9-7-8-10-21(20)19-24)26(29)34(27)23-11-5-3-4-6-12-23/h7-10,13-14,19,22-23,25-27,30H,3-6,11-12,15-18,28-29H2,1-2H3. The van der Waals surface area contributed by atoms with Crippen molar-refractivity contribution in [3.8, 4) is 0 Å². The molecule has 34 heavy (non-hydrogen) atoms. The van der Waals surface area contributed by atoms with Crippen LogP contribution in [0, 0.1) is 0 Å². The molecule has 1 saturated carbocycles. The number of rotatable bonds is 4. The van der Waals surface area contributed by atoms with E-state index in [-0.39, 0.29) is 18.9 Å². The molecule has 0 radical (unpaired) electrons. The monoisotopic (exact) mass is 465 g/mol. The molecule has 3 aliphatic rings. The van der Waals surface area contributed by atoms with E-state index in [4.69, 9.17) is 11.5 Å². The van der Waals surface area contributed by atoms with Crippen LogP contribution in [0.15, 0.2) is 42.5 Å². The van der Waals surface area contributed by atoms with Crippen molar-refractivity contribution in [2.45, 2.75) is 82.3 Å². The molecule has 186 valence electrons. The minimum atomic E-state index is -0.304. The Bertz CT molecular complexity index is 935. The van der Waals surface area contributed by atoms with Crippen molar-refractivity contribution in [1.82, 2.24) is 20.0 Å². The van der Waals surface area contributed by atoms with Gasteiger partial charge in [-0.25, -0.2) is 9.80 Å². The van der Waals surface area contributed by atoms with E-state index in [9.17, 15) is 0 Å². The maximum Gasteiger partial charge on any atom is 0.139 e. The highest BCUT2D eigenvalue weighted by molar-refractivity contribution is 5.86. The number of likely N-dealkylation sites (tertiary alicyclic amines) is 1. The summed E-state index contributed by atoms with van der Waals surface area (Å²) in [6.45, 7) is 2.28. The zero-order chi connectivity index (χ0) is 23.7. The summed E-state index contributed by atoms with van der Waals surface area (Å²) in [7, 11) is 4.37. The smallest absolute Gasteiger partial charge is 0.139 e. The fraction of sp³-hybridized carbons (Fsp3) is 0.630. The van der Waals surface area contributed by atoms with E-state index in [0.717, 1.165) is 31.6 Å². The third-order valence-electron chi connectivity index (χ3n) is 8.34. The Morgan fingerprint density at radius 2 is 1.47 bits per heavy atom. The molecule has 1 aliphatic carbocycles. The van der Waals surface area contributed by atoms with Crippen LogP contribution in [-0.2, 0) is 0 Å². The van der Waals surface area contributed by atoms with Crippen LogP contribution in [-0.4, -0.2) is 72.8 Å². The molecule has 2 aromatic carbocycles. The quantitative estimate of drug-likeness (QED) is 0.599. The molecule has 2 aliphatic heterocycles. The van der Waals surface area contributed by atoms with E-state index in [1.165, 1.54) is 49.3 Å². The average molecular weight is 466 g/mol. The van der Waals surface area contributed by atoms with Gasteiger partial charge >= 0.3 is 0 Å². The van der Waals surface area contributed by atoms with E-state index in [0.29, 0.717) is 12.1 Å². The van der Waals surface area contributed by atoms with Gasteiger partial charge in [0, 0.05) is 17.8 Å². The fourth-order valence-corrected chi connectivity index (χ4v) is 6.20. The largest absolute Gasteiger partial charge is 0.315 e. The van der Waals surface area contributed by atoms with Crippen molar-refractivity contribution >= 4 is 16.5 Å². The molecule has 0 amide bonds. The van der Waals surface area contributed by atoms with Crippen molar-refractivity contribution in [1.29, 1.82) is 0 Å². The lowest BCUT2D eigenvalue weighted by Crippen LogP contribution is -2.80. The maximum absolute atomic E-state index is 7.15. The van der Waals surface area contributed by atoms with Gasteiger partial charge in [-0.2, -0.15) is 0 Å². The zero-order valence-electron chi connectivity index (χ0n) is 20.9. The molecular weight excluding hydrogens is 422 g/mol. The number of piperidine rings is 1. The summed E-state index contributed by atoms with van der Waals surface area (Å²) in [5.74, 6) is 0. The second-order valence-corrected chi connectivity index (χ2v) is 10.6. The SMILES string of the molecule is CN1CCC(NC2N(C)C(N)N(c3ccc4ccccc4c3)C(N)N2C2CCCCCC2)CC1. The first-order chi connectivity index (χ1) is 16.5. The first-order valence-electron chi connectivity index (χ1n) is 13.3. The summed E-state index contributed by atoms with van der Waals surface area (Å²) < 4.78 is 0. The van der Waals surface area contributed by atoms with Gasteiger partial charge in [0.25, 0.3) is 0 Å². The molecule has 7 nitrogen and oxygen atoms in total. The van der Waals surface area contributed by atoms with Crippen LogP contribution in [0.3, 0.4) is 0 Å². The van der Waals surface area contributed by atoms with Crippen molar-refractivity contribution in [2.24, 2.45) is 11.5 Å². The minimum Gasteiger partial charge on any atom is -0.315 e. The van der Waals surface area contributed by atoms with E-state index in [2.05, 4.69) is 81.5 Å². The van der Waals surface area contributed by atoms with Gasteiger partial charge < -0.3 is 9.80 Å². The Morgan fingerprint density at radius 1 is 0.794 bits per heavy atom. The van der Waals surface area contributed by atoms with Gasteiger partial charge in [-0.05, 0) is 75.8 Å². The topological polar surface area (TPSA) is 77.0 Å². The molecule has 0 aromatic heterocycles. The minimum absolute atomic E-state index is 0.0400. The van der Waals surface area contributed by atoms with Crippen LogP contribution in [0.1, 0.15) is 51.4 Å². The van der Waals surface area contributed by atoms with Crippen LogP contribution < -0.4 is 21.7 Å². The normalized spacial score (nSPS) is 29.5. The Hall–Kier alpha value is -1.74. The Balaban J connectivity index is 1.46. The molecule has 3 atom stereocenters. The highest BCUT2D eigenvalue weighted by Gasteiger charge is 2.45. The van der Waals surface area contributed by atoms with Gasteiger partial charge in [-0.1, -0.05) is 56.0 Å². The van der Waals surface area contributed by atoms with Gasteiger partial charge in [0.1, 0.15) is 18.9 Å². The Kier molecular flexibility index (Phi) is 7.39. The maximum atomic E-state index is 7.15. The molecule has 2 heterocycles. The van der Waals surface area contributed by atoms with Crippen LogP contribution in [0.5, 0.6) is 0 Å². The molecule has 2 aromatic rings. The Morgan fingerprint density at radius 3 is 2.18 bits per heavy atom. The van der Waals surface area contributed by atoms with E-state index >= 15 is 0 Å². The van der Waals surface area contributed by atoms with Crippen molar-refractivity contribution < 1.29 is 0 Å². The highest BCUT2D eigenvalue weighted by Crippen LogP contribution is 2.33. The van der Waals surface area contributed by atoms with Crippen LogP contribution in [0.4, 0.5) is 5.69 Å². The van der Waals surface area contributed by atoms with Gasteiger partial charge in [-0.15, -0.1) is 0 Å². The molecule has 0 spiro atoms. The molecule has 3 fully saturated rings. The van der Waals surface area contributed by atoms with Gasteiger partial charge in [-0.3, -0.25) is 16.8 Å². The van der Waals surface area contributed by atoms with Crippen molar-refractivity contribution in [2.75, 3.05) is 32.1 Å². The lowest BCUT2D eigenvalue weighted by molar-refractivity contribution is -0.0977. The number of anilines is 1. The van der Waals surface area contributed by atoms with E-state index in [1.54, 1.807) is 0 Å². The predicted octanol–water partition coefficient (Wildman–Crippen LogP) is 3.07. The average Bonchev–Trinajstić information content (AvgIpc) is 3.13. The summed E-state index contributed by atoms with van der Waals surface area (Å²) in [5, 5.41) is 6.45. The van der Waals surface area contributed by atoms with Crippen LogP contribution in [0.2, 0.25) is 0 Å². The number of nitrogens with one attached hydrogen (secondary N) is 1. The van der Waals surface area contributed by atoms with Crippen LogP contribution in [0.25, 0.3) is 10.8 Å². The molecule has 3 unspecified atom stereocenters. The summed E-state index contributed by atoms with van der Waals surface area (Å²) in [6, 6.07) is 16.0. The number of hydrogen-bond donors (Lipinski definition) is 3. The van der Waals surface area contributed by atoms with Crippen molar-refractivity contribution in [3.63, 3.8) is 0 Å². The van der Waals surface area contributed by atoms with Crippen molar-refractivity contribution in [3.05, 3.63) is 42.5 Å². The summed E-state index contributed by atoms with van der Waals surface area (Å²) in [5.41, 5.74) is 15.2. The molecular formula is C27H43N7. The summed E-state index contributed by atoms with van der Waals surface area (Å²) in [6.07, 6.45) is 9.41. The lowest BCUT2D eigenvalue weighted by Gasteiger charge is -2.58.